The third kappa shape index (κ3) is 4.61. The number of anilines is 1. The fourth-order valence-corrected chi connectivity index (χ4v) is 3.30. The van der Waals surface area contributed by atoms with Gasteiger partial charge in [0.1, 0.15) is 0 Å². The van der Waals surface area contributed by atoms with E-state index in [9.17, 15) is 4.79 Å². The first-order valence-corrected chi connectivity index (χ1v) is 9.24. The Morgan fingerprint density at radius 2 is 1.77 bits per heavy atom. The number of carbonyl (C=O) groups is 1. The second-order valence-corrected chi connectivity index (χ2v) is 6.85. The zero-order valence-corrected chi connectivity index (χ0v) is 16.2. The van der Waals surface area contributed by atoms with E-state index in [0.717, 1.165) is 30.6 Å². The van der Waals surface area contributed by atoms with Crippen LogP contribution in [0.3, 0.4) is 0 Å². The summed E-state index contributed by atoms with van der Waals surface area (Å²) in [4.78, 5) is 15.5. The fraction of sp³-hybridized carbons (Fsp3) is 0.348. The minimum atomic E-state index is -0.543. The van der Waals surface area contributed by atoms with E-state index in [-0.39, 0.29) is 5.78 Å². The van der Waals surface area contributed by atoms with Gasteiger partial charge in [0, 0.05) is 17.8 Å². The number of nitrogens with one attached hydrogen (secondary N) is 1. The third-order valence-electron chi connectivity index (χ3n) is 5.03. The molecule has 0 heterocycles. The number of rotatable bonds is 10. The molecule has 1 unspecified atom stereocenters. The molecule has 0 aliphatic heterocycles. The summed E-state index contributed by atoms with van der Waals surface area (Å²) in [5, 5.41) is 3.33. The number of ketones is 1. The van der Waals surface area contributed by atoms with Gasteiger partial charge in [-0.1, -0.05) is 43.3 Å². The number of likely N-dealkylation sites (N-methyl/N-ethyl adjacent to an activating group) is 1. The van der Waals surface area contributed by atoms with Crippen LogP contribution in [0, 0.1) is 0 Å². The van der Waals surface area contributed by atoms with E-state index >= 15 is 0 Å². The molecule has 1 atom stereocenters. The largest absolute Gasteiger partial charge is 0.385 e. The maximum Gasteiger partial charge on any atom is 0.183 e. The van der Waals surface area contributed by atoms with Crippen LogP contribution in [0.2, 0.25) is 0 Å². The molecule has 3 nitrogen and oxygen atoms in total. The number of hydrogen-bond donors (Lipinski definition) is 1. The second kappa shape index (κ2) is 9.35. The van der Waals surface area contributed by atoms with Crippen molar-refractivity contribution in [3.05, 3.63) is 78.4 Å². The van der Waals surface area contributed by atoms with Gasteiger partial charge in [0.2, 0.25) is 0 Å². The standard InChI is InChI=1S/C23H30N2O/c1-5-7-17-24-21-15-13-20(14-16-21)22(26)23(6-2,25(3)4)18-19-11-9-8-10-12-19/h5,8-16,24H,1,6-7,17-18H2,2-4H3. The molecule has 3 heteroatoms. The average molecular weight is 351 g/mol. The highest BCUT2D eigenvalue weighted by molar-refractivity contribution is 6.03. The summed E-state index contributed by atoms with van der Waals surface area (Å²) in [6.07, 6.45) is 4.26. The van der Waals surface area contributed by atoms with E-state index in [1.807, 2.05) is 62.6 Å². The van der Waals surface area contributed by atoms with Crippen LogP contribution in [-0.4, -0.2) is 36.9 Å². The number of benzene rings is 2. The topological polar surface area (TPSA) is 32.3 Å². The van der Waals surface area contributed by atoms with Gasteiger partial charge in [-0.2, -0.15) is 0 Å². The van der Waals surface area contributed by atoms with E-state index in [1.165, 1.54) is 5.56 Å². The molecule has 0 spiro atoms. The van der Waals surface area contributed by atoms with E-state index in [0.29, 0.717) is 6.42 Å². The number of Topliss-reactive ketones (excluding diaryl/α,β-unsaturated/α-hetero) is 1. The minimum absolute atomic E-state index is 0.173. The molecule has 0 aliphatic carbocycles. The molecule has 0 aliphatic rings. The van der Waals surface area contributed by atoms with E-state index in [1.54, 1.807) is 0 Å². The maximum absolute atomic E-state index is 13.4. The summed E-state index contributed by atoms with van der Waals surface area (Å²) in [5.74, 6) is 0.173. The summed E-state index contributed by atoms with van der Waals surface area (Å²) in [7, 11) is 3.99. The smallest absolute Gasteiger partial charge is 0.183 e. The van der Waals surface area contributed by atoms with E-state index in [4.69, 9.17) is 0 Å². The molecule has 1 N–H and O–H groups in total. The van der Waals surface area contributed by atoms with Crippen molar-refractivity contribution in [3.8, 4) is 0 Å². The summed E-state index contributed by atoms with van der Waals surface area (Å²) >= 11 is 0. The Morgan fingerprint density at radius 3 is 2.31 bits per heavy atom. The first kappa shape index (κ1) is 19.9. The van der Waals surface area contributed by atoms with Gasteiger partial charge in [-0.15, -0.1) is 6.58 Å². The third-order valence-corrected chi connectivity index (χ3v) is 5.03. The molecule has 2 aromatic rings. The Labute approximate surface area is 157 Å². The van der Waals surface area contributed by atoms with Gasteiger partial charge in [0.25, 0.3) is 0 Å². The number of nitrogens with zero attached hydrogens (tertiary/aromatic N) is 1. The van der Waals surface area contributed by atoms with Crippen molar-refractivity contribution in [2.75, 3.05) is 26.0 Å². The lowest BCUT2D eigenvalue weighted by Gasteiger charge is -2.38. The van der Waals surface area contributed by atoms with Gasteiger partial charge in [-0.05, 0) is 63.2 Å². The molecule has 0 bridgehead atoms. The highest BCUT2D eigenvalue weighted by Gasteiger charge is 2.39. The number of carbonyl (C=O) groups excluding carboxylic acids is 1. The Kier molecular flexibility index (Phi) is 7.16. The van der Waals surface area contributed by atoms with Gasteiger partial charge in [0.05, 0.1) is 5.54 Å². The zero-order chi connectivity index (χ0) is 19.0. The van der Waals surface area contributed by atoms with Crippen LogP contribution in [0.5, 0.6) is 0 Å². The van der Waals surface area contributed by atoms with Crippen LogP contribution in [0.15, 0.2) is 67.3 Å². The maximum atomic E-state index is 13.4. The van der Waals surface area contributed by atoms with Gasteiger partial charge >= 0.3 is 0 Å². The highest BCUT2D eigenvalue weighted by Crippen LogP contribution is 2.28. The van der Waals surface area contributed by atoms with E-state index < -0.39 is 5.54 Å². The SMILES string of the molecule is C=CCCNc1ccc(C(=O)C(CC)(Cc2ccccc2)N(C)C)cc1. The lowest BCUT2D eigenvalue weighted by molar-refractivity contribution is 0.0666. The van der Waals surface area contributed by atoms with Gasteiger partial charge < -0.3 is 5.32 Å². The average Bonchev–Trinajstić information content (AvgIpc) is 2.67. The van der Waals surface area contributed by atoms with Crippen LogP contribution >= 0.6 is 0 Å². The molecular formula is C23H30N2O. The second-order valence-electron chi connectivity index (χ2n) is 6.85. The predicted molar refractivity (Wildman–Crippen MR) is 111 cm³/mol. The van der Waals surface area contributed by atoms with Crippen LogP contribution in [0.4, 0.5) is 5.69 Å². The quantitative estimate of drug-likeness (QED) is 0.379. The van der Waals surface area contributed by atoms with Gasteiger partial charge in [-0.3, -0.25) is 9.69 Å². The Balaban J connectivity index is 2.24. The minimum Gasteiger partial charge on any atom is -0.385 e. The van der Waals surface area contributed by atoms with Crippen molar-refractivity contribution >= 4 is 11.5 Å². The van der Waals surface area contributed by atoms with Crippen molar-refractivity contribution in [3.63, 3.8) is 0 Å². The molecule has 0 saturated heterocycles. The molecule has 0 fully saturated rings. The Hall–Kier alpha value is -2.39. The first-order valence-electron chi connectivity index (χ1n) is 9.24. The van der Waals surface area contributed by atoms with Crippen LogP contribution in [-0.2, 0) is 6.42 Å². The monoisotopic (exact) mass is 350 g/mol. The van der Waals surface area contributed by atoms with Crippen LogP contribution in [0.1, 0.15) is 35.7 Å². The molecule has 0 radical (unpaired) electrons. The lowest BCUT2D eigenvalue weighted by atomic mass is 9.80. The summed E-state index contributed by atoms with van der Waals surface area (Å²) < 4.78 is 0. The molecule has 2 aromatic carbocycles. The molecule has 138 valence electrons. The zero-order valence-electron chi connectivity index (χ0n) is 16.2. The first-order chi connectivity index (χ1) is 12.5. The van der Waals surface area contributed by atoms with Crippen molar-refractivity contribution in [1.82, 2.24) is 4.90 Å². The molecule has 0 saturated carbocycles. The fourth-order valence-electron chi connectivity index (χ4n) is 3.30. The Bertz CT molecular complexity index is 707. The summed E-state index contributed by atoms with van der Waals surface area (Å²) in [6, 6.07) is 18.1. The van der Waals surface area contributed by atoms with Gasteiger partial charge in [-0.25, -0.2) is 0 Å². The molecule has 0 amide bonds. The van der Waals surface area contributed by atoms with E-state index in [2.05, 4.69) is 35.9 Å². The van der Waals surface area contributed by atoms with Crippen molar-refractivity contribution in [2.24, 2.45) is 0 Å². The van der Waals surface area contributed by atoms with Crippen molar-refractivity contribution in [2.45, 2.75) is 31.7 Å². The van der Waals surface area contributed by atoms with Crippen molar-refractivity contribution in [1.29, 1.82) is 0 Å². The molecule has 0 aromatic heterocycles. The predicted octanol–water partition coefficient (Wildman–Crippen LogP) is 4.81. The van der Waals surface area contributed by atoms with Gasteiger partial charge in [0.15, 0.2) is 5.78 Å². The molecule has 2 rings (SSSR count). The summed E-state index contributed by atoms with van der Waals surface area (Å²) in [5.41, 5.74) is 2.42. The van der Waals surface area contributed by atoms with Crippen LogP contribution < -0.4 is 5.32 Å². The lowest BCUT2D eigenvalue weighted by Crippen LogP contribution is -2.52. The molecular weight excluding hydrogens is 320 g/mol. The Morgan fingerprint density at radius 1 is 1.12 bits per heavy atom. The normalized spacial score (nSPS) is 13.2. The number of hydrogen-bond acceptors (Lipinski definition) is 3. The van der Waals surface area contributed by atoms with Crippen molar-refractivity contribution < 1.29 is 4.79 Å². The molecule has 26 heavy (non-hydrogen) atoms. The summed E-state index contributed by atoms with van der Waals surface area (Å²) in [6.45, 7) is 6.67. The van der Waals surface area contributed by atoms with Crippen LogP contribution in [0.25, 0.3) is 0 Å². The highest BCUT2D eigenvalue weighted by atomic mass is 16.1.